The number of amides is 1. The smallest absolute Gasteiger partial charge is 0.255 e. The summed E-state index contributed by atoms with van der Waals surface area (Å²) in [4.78, 5) is 22.4. The van der Waals surface area contributed by atoms with Gasteiger partial charge in [-0.25, -0.2) is 0 Å². The first-order chi connectivity index (χ1) is 8.29. The minimum absolute atomic E-state index is 0.186. The van der Waals surface area contributed by atoms with E-state index in [4.69, 9.17) is 0 Å². The van der Waals surface area contributed by atoms with Gasteiger partial charge < -0.3 is 5.32 Å². The molecule has 1 amide bonds. The standard InChI is InChI=1S/C14H11NO2/c16-10-11-5-4-8-13(9-11)15-14(17)12-6-2-1-3-7-12/h1-10H,(H,15,17). The molecule has 3 nitrogen and oxygen atoms in total. The SMILES string of the molecule is O=Cc1cccc(NC(=O)c2ccccc2)c1. The third-order valence-corrected chi connectivity index (χ3v) is 2.32. The van der Waals surface area contributed by atoms with Crippen LogP contribution in [0, 0.1) is 0 Å². The van der Waals surface area contributed by atoms with Crippen LogP contribution in [-0.2, 0) is 0 Å². The monoisotopic (exact) mass is 225 g/mol. The molecule has 0 spiro atoms. The second kappa shape index (κ2) is 5.07. The number of rotatable bonds is 3. The molecule has 3 heteroatoms. The molecule has 0 aliphatic carbocycles. The number of anilines is 1. The Morgan fingerprint density at radius 2 is 1.76 bits per heavy atom. The fourth-order valence-corrected chi connectivity index (χ4v) is 1.48. The van der Waals surface area contributed by atoms with E-state index >= 15 is 0 Å². The molecule has 0 aliphatic heterocycles. The predicted octanol–water partition coefficient (Wildman–Crippen LogP) is 2.75. The van der Waals surface area contributed by atoms with E-state index in [1.165, 1.54) is 0 Å². The van der Waals surface area contributed by atoms with E-state index in [0.717, 1.165) is 6.29 Å². The summed E-state index contributed by atoms with van der Waals surface area (Å²) in [5.41, 5.74) is 1.74. The third-order valence-electron chi connectivity index (χ3n) is 2.32. The van der Waals surface area contributed by atoms with E-state index < -0.39 is 0 Å². The molecule has 0 bridgehead atoms. The van der Waals surface area contributed by atoms with Crippen LogP contribution in [0.15, 0.2) is 54.6 Å². The Hall–Kier alpha value is -2.42. The van der Waals surface area contributed by atoms with Crippen molar-refractivity contribution in [3.63, 3.8) is 0 Å². The molecule has 0 saturated carbocycles. The summed E-state index contributed by atoms with van der Waals surface area (Å²) in [6.07, 6.45) is 0.748. The first-order valence-corrected chi connectivity index (χ1v) is 5.21. The lowest BCUT2D eigenvalue weighted by Crippen LogP contribution is -2.11. The quantitative estimate of drug-likeness (QED) is 0.816. The highest BCUT2D eigenvalue weighted by atomic mass is 16.1. The summed E-state index contributed by atoms with van der Waals surface area (Å²) in [7, 11) is 0. The number of aldehydes is 1. The maximum Gasteiger partial charge on any atom is 0.255 e. The molecule has 0 atom stereocenters. The maximum atomic E-state index is 11.8. The zero-order valence-electron chi connectivity index (χ0n) is 9.09. The Morgan fingerprint density at radius 3 is 2.47 bits per heavy atom. The number of nitrogens with one attached hydrogen (secondary N) is 1. The number of hydrogen-bond acceptors (Lipinski definition) is 2. The van der Waals surface area contributed by atoms with E-state index in [9.17, 15) is 9.59 Å². The Labute approximate surface area is 99.1 Å². The van der Waals surface area contributed by atoms with Gasteiger partial charge >= 0.3 is 0 Å². The van der Waals surface area contributed by atoms with Crippen molar-refractivity contribution in [1.29, 1.82) is 0 Å². The maximum absolute atomic E-state index is 11.8. The Balaban J connectivity index is 2.16. The predicted molar refractivity (Wildman–Crippen MR) is 66.2 cm³/mol. The van der Waals surface area contributed by atoms with Crippen molar-refractivity contribution in [3.8, 4) is 0 Å². The van der Waals surface area contributed by atoms with Gasteiger partial charge in [-0.1, -0.05) is 30.3 Å². The van der Waals surface area contributed by atoms with Gasteiger partial charge in [0.05, 0.1) is 0 Å². The molecule has 0 radical (unpaired) electrons. The summed E-state index contributed by atoms with van der Waals surface area (Å²) in [6.45, 7) is 0. The Kier molecular flexibility index (Phi) is 3.31. The molecule has 0 aromatic heterocycles. The lowest BCUT2D eigenvalue weighted by molar-refractivity contribution is 0.102. The minimum Gasteiger partial charge on any atom is -0.322 e. The minimum atomic E-state index is -0.186. The highest BCUT2D eigenvalue weighted by Crippen LogP contribution is 2.11. The van der Waals surface area contributed by atoms with E-state index in [-0.39, 0.29) is 5.91 Å². The molecule has 1 N–H and O–H groups in total. The number of hydrogen-bond donors (Lipinski definition) is 1. The fourth-order valence-electron chi connectivity index (χ4n) is 1.48. The second-order valence-electron chi connectivity index (χ2n) is 3.56. The molecule has 0 saturated heterocycles. The van der Waals surface area contributed by atoms with Crippen LogP contribution in [0.1, 0.15) is 20.7 Å². The van der Waals surface area contributed by atoms with Crippen LogP contribution in [0.4, 0.5) is 5.69 Å². The van der Waals surface area contributed by atoms with Crippen LogP contribution < -0.4 is 5.32 Å². The summed E-state index contributed by atoms with van der Waals surface area (Å²) >= 11 is 0. The van der Waals surface area contributed by atoms with Crippen LogP contribution in [0.25, 0.3) is 0 Å². The molecule has 84 valence electrons. The normalized spacial score (nSPS) is 9.65. The van der Waals surface area contributed by atoms with Gasteiger partial charge in [-0.2, -0.15) is 0 Å². The molecular weight excluding hydrogens is 214 g/mol. The van der Waals surface area contributed by atoms with Gasteiger partial charge in [0.15, 0.2) is 0 Å². The van der Waals surface area contributed by atoms with Crippen LogP contribution in [-0.4, -0.2) is 12.2 Å². The topological polar surface area (TPSA) is 46.2 Å². The average molecular weight is 225 g/mol. The van der Waals surface area contributed by atoms with Crippen LogP contribution in [0.5, 0.6) is 0 Å². The third kappa shape index (κ3) is 2.78. The van der Waals surface area contributed by atoms with Gasteiger partial charge in [-0.05, 0) is 24.3 Å². The van der Waals surface area contributed by atoms with Crippen molar-refractivity contribution >= 4 is 17.9 Å². The molecule has 2 rings (SSSR count). The number of benzene rings is 2. The molecule has 0 aliphatic rings. The van der Waals surface area contributed by atoms with Crippen LogP contribution in [0.2, 0.25) is 0 Å². The molecule has 0 unspecified atom stereocenters. The van der Waals surface area contributed by atoms with Gasteiger partial charge in [-0.3, -0.25) is 9.59 Å². The first-order valence-electron chi connectivity index (χ1n) is 5.21. The van der Waals surface area contributed by atoms with Crippen LogP contribution >= 0.6 is 0 Å². The molecule has 0 heterocycles. The van der Waals surface area contributed by atoms with Crippen LogP contribution in [0.3, 0.4) is 0 Å². The van der Waals surface area contributed by atoms with Crippen molar-refractivity contribution < 1.29 is 9.59 Å². The molecule has 0 fully saturated rings. The number of carbonyl (C=O) groups excluding carboxylic acids is 2. The van der Waals surface area contributed by atoms with Crippen molar-refractivity contribution in [3.05, 3.63) is 65.7 Å². The fraction of sp³-hybridized carbons (Fsp3) is 0. The van der Waals surface area contributed by atoms with E-state index in [1.807, 2.05) is 6.07 Å². The first kappa shape index (κ1) is 11.1. The zero-order chi connectivity index (χ0) is 12.1. The molecule has 2 aromatic rings. The summed E-state index contributed by atoms with van der Waals surface area (Å²) in [5.74, 6) is -0.186. The summed E-state index contributed by atoms with van der Waals surface area (Å²) < 4.78 is 0. The second-order valence-corrected chi connectivity index (χ2v) is 3.56. The largest absolute Gasteiger partial charge is 0.322 e. The Bertz CT molecular complexity index is 535. The van der Waals surface area contributed by atoms with Gasteiger partial charge in [0.1, 0.15) is 6.29 Å². The van der Waals surface area contributed by atoms with E-state index in [2.05, 4.69) is 5.32 Å². The number of carbonyl (C=O) groups is 2. The van der Waals surface area contributed by atoms with Crippen molar-refractivity contribution in [2.75, 3.05) is 5.32 Å². The van der Waals surface area contributed by atoms with Gasteiger partial charge in [0.2, 0.25) is 0 Å². The lowest BCUT2D eigenvalue weighted by Gasteiger charge is -2.05. The van der Waals surface area contributed by atoms with Gasteiger partial charge in [0.25, 0.3) is 5.91 Å². The Morgan fingerprint density at radius 1 is 1.00 bits per heavy atom. The van der Waals surface area contributed by atoms with Gasteiger partial charge in [-0.15, -0.1) is 0 Å². The van der Waals surface area contributed by atoms with Crippen molar-refractivity contribution in [2.24, 2.45) is 0 Å². The lowest BCUT2D eigenvalue weighted by atomic mass is 10.2. The molecular formula is C14H11NO2. The van der Waals surface area contributed by atoms with E-state index in [0.29, 0.717) is 16.8 Å². The molecule has 2 aromatic carbocycles. The summed E-state index contributed by atoms with van der Waals surface area (Å²) in [6, 6.07) is 15.7. The van der Waals surface area contributed by atoms with Crippen molar-refractivity contribution in [2.45, 2.75) is 0 Å². The molecule has 17 heavy (non-hydrogen) atoms. The average Bonchev–Trinajstić information content (AvgIpc) is 2.40. The van der Waals surface area contributed by atoms with E-state index in [1.54, 1.807) is 48.5 Å². The highest BCUT2D eigenvalue weighted by Gasteiger charge is 2.04. The highest BCUT2D eigenvalue weighted by molar-refractivity contribution is 6.04. The van der Waals surface area contributed by atoms with Gasteiger partial charge in [0, 0.05) is 16.8 Å². The van der Waals surface area contributed by atoms with Crippen molar-refractivity contribution in [1.82, 2.24) is 0 Å². The summed E-state index contributed by atoms with van der Waals surface area (Å²) in [5, 5.41) is 2.74. The zero-order valence-corrected chi connectivity index (χ0v) is 9.09.